The summed E-state index contributed by atoms with van der Waals surface area (Å²) in [6.07, 6.45) is 12.9. The third-order valence-electron chi connectivity index (χ3n) is 4.84. The standard InChI is InChI=1S/C19H34O4/c1-3-4-5-6-7-8-9-10-15-23-19(21)17-13-11-16(12-14-17)18(20)22-2/h16-17H,3-15H2,1-2H3. The van der Waals surface area contributed by atoms with Gasteiger partial charge in [-0.3, -0.25) is 9.59 Å². The highest BCUT2D eigenvalue weighted by atomic mass is 16.5. The highest BCUT2D eigenvalue weighted by Crippen LogP contribution is 2.30. The van der Waals surface area contributed by atoms with Gasteiger partial charge in [-0.2, -0.15) is 0 Å². The van der Waals surface area contributed by atoms with E-state index in [9.17, 15) is 9.59 Å². The number of methoxy groups -OCH3 is 1. The topological polar surface area (TPSA) is 52.6 Å². The minimum absolute atomic E-state index is 0.0232. The molecule has 0 unspecified atom stereocenters. The smallest absolute Gasteiger partial charge is 0.308 e. The van der Waals surface area contributed by atoms with Crippen molar-refractivity contribution in [3.8, 4) is 0 Å². The third kappa shape index (κ3) is 8.38. The van der Waals surface area contributed by atoms with Gasteiger partial charge in [0.2, 0.25) is 0 Å². The Labute approximate surface area is 141 Å². The average Bonchev–Trinajstić information content (AvgIpc) is 2.59. The lowest BCUT2D eigenvalue weighted by Crippen LogP contribution is -2.28. The van der Waals surface area contributed by atoms with Crippen LogP contribution in [0.4, 0.5) is 0 Å². The van der Waals surface area contributed by atoms with Crippen molar-refractivity contribution in [2.45, 2.75) is 84.0 Å². The van der Waals surface area contributed by atoms with Crippen LogP contribution in [0.2, 0.25) is 0 Å². The van der Waals surface area contributed by atoms with E-state index in [4.69, 9.17) is 9.47 Å². The molecule has 1 aliphatic carbocycles. The first-order valence-electron chi connectivity index (χ1n) is 9.43. The molecule has 1 saturated carbocycles. The summed E-state index contributed by atoms with van der Waals surface area (Å²) >= 11 is 0. The van der Waals surface area contributed by atoms with E-state index in [1.165, 1.54) is 45.6 Å². The second-order valence-electron chi connectivity index (χ2n) is 6.71. The number of unbranched alkanes of at least 4 members (excludes halogenated alkanes) is 7. The van der Waals surface area contributed by atoms with E-state index in [0.717, 1.165) is 38.5 Å². The normalized spacial score (nSPS) is 21.0. The number of esters is 2. The van der Waals surface area contributed by atoms with Crippen LogP contribution < -0.4 is 0 Å². The summed E-state index contributed by atoms with van der Waals surface area (Å²) in [5, 5.41) is 0. The van der Waals surface area contributed by atoms with E-state index in [1.54, 1.807) is 0 Å². The molecule has 1 fully saturated rings. The zero-order chi connectivity index (χ0) is 16.9. The minimum atomic E-state index is -0.143. The number of hydrogen-bond acceptors (Lipinski definition) is 4. The van der Waals surface area contributed by atoms with Crippen LogP contribution in [-0.4, -0.2) is 25.7 Å². The molecule has 4 heteroatoms. The fraction of sp³-hybridized carbons (Fsp3) is 0.895. The summed E-state index contributed by atoms with van der Waals surface area (Å²) in [4.78, 5) is 23.5. The molecule has 0 amide bonds. The first kappa shape index (κ1) is 20.0. The van der Waals surface area contributed by atoms with E-state index < -0.39 is 0 Å². The molecule has 134 valence electrons. The average molecular weight is 326 g/mol. The summed E-state index contributed by atoms with van der Waals surface area (Å²) in [5.74, 6) is -0.270. The van der Waals surface area contributed by atoms with Crippen LogP contribution >= 0.6 is 0 Å². The van der Waals surface area contributed by atoms with Crippen molar-refractivity contribution in [2.75, 3.05) is 13.7 Å². The summed E-state index contributed by atoms with van der Waals surface area (Å²) in [6, 6.07) is 0. The lowest BCUT2D eigenvalue weighted by molar-refractivity contribution is -0.153. The van der Waals surface area contributed by atoms with Crippen LogP contribution in [0, 0.1) is 11.8 Å². The molecule has 1 rings (SSSR count). The second kappa shape index (κ2) is 12.4. The van der Waals surface area contributed by atoms with Crippen molar-refractivity contribution in [1.29, 1.82) is 0 Å². The van der Waals surface area contributed by atoms with Gasteiger partial charge in [0.1, 0.15) is 0 Å². The molecule has 0 heterocycles. The van der Waals surface area contributed by atoms with Gasteiger partial charge >= 0.3 is 11.9 Å². The van der Waals surface area contributed by atoms with Crippen molar-refractivity contribution in [2.24, 2.45) is 11.8 Å². The molecule has 0 aromatic heterocycles. The fourth-order valence-electron chi connectivity index (χ4n) is 3.26. The molecule has 0 aromatic rings. The number of rotatable bonds is 11. The molecular formula is C19H34O4. The van der Waals surface area contributed by atoms with Gasteiger partial charge in [0, 0.05) is 0 Å². The van der Waals surface area contributed by atoms with Gasteiger partial charge in [-0.15, -0.1) is 0 Å². The van der Waals surface area contributed by atoms with Crippen LogP contribution in [0.15, 0.2) is 0 Å². The number of ether oxygens (including phenoxy) is 2. The van der Waals surface area contributed by atoms with Gasteiger partial charge in [0.05, 0.1) is 25.6 Å². The van der Waals surface area contributed by atoms with E-state index in [-0.39, 0.29) is 23.8 Å². The summed E-state index contributed by atoms with van der Waals surface area (Å²) in [7, 11) is 1.42. The number of carbonyl (C=O) groups excluding carboxylic acids is 2. The Hall–Kier alpha value is -1.06. The Bertz CT molecular complexity index is 332. The monoisotopic (exact) mass is 326 g/mol. The van der Waals surface area contributed by atoms with Crippen LogP contribution in [0.3, 0.4) is 0 Å². The Morgan fingerprint density at radius 2 is 1.26 bits per heavy atom. The first-order valence-corrected chi connectivity index (χ1v) is 9.43. The van der Waals surface area contributed by atoms with Crippen molar-refractivity contribution in [3.05, 3.63) is 0 Å². The predicted octanol–water partition coefficient (Wildman–Crippen LogP) is 4.65. The molecule has 0 bridgehead atoms. The Balaban J connectivity index is 1.99. The molecular weight excluding hydrogens is 292 g/mol. The SMILES string of the molecule is CCCCCCCCCCOC(=O)C1CCC(C(=O)OC)CC1. The molecule has 4 nitrogen and oxygen atoms in total. The molecule has 0 aliphatic heterocycles. The molecule has 23 heavy (non-hydrogen) atoms. The van der Waals surface area contributed by atoms with Crippen LogP contribution in [-0.2, 0) is 19.1 Å². The molecule has 0 saturated heterocycles. The van der Waals surface area contributed by atoms with E-state index in [2.05, 4.69) is 6.92 Å². The maximum absolute atomic E-state index is 12.0. The third-order valence-corrected chi connectivity index (χ3v) is 4.84. The summed E-state index contributed by atoms with van der Waals surface area (Å²) in [5.41, 5.74) is 0. The van der Waals surface area contributed by atoms with Crippen molar-refractivity contribution < 1.29 is 19.1 Å². The molecule has 0 radical (unpaired) electrons. The van der Waals surface area contributed by atoms with Crippen LogP contribution in [0.25, 0.3) is 0 Å². The Morgan fingerprint density at radius 1 is 0.783 bits per heavy atom. The summed E-state index contributed by atoms with van der Waals surface area (Å²) in [6.45, 7) is 2.78. The molecule has 0 spiro atoms. The van der Waals surface area contributed by atoms with Gasteiger partial charge in [0.15, 0.2) is 0 Å². The van der Waals surface area contributed by atoms with Gasteiger partial charge in [-0.05, 0) is 32.1 Å². The lowest BCUT2D eigenvalue weighted by Gasteiger charge is -2.25. The van der Waals surface area contributed by atoms with Crippen molar-refractivity contribution in [1.82, 2.24) is 0 Å². The minimum Gasteiger partial charge on any atom is -0.469 e. The Morgan fingerprint density at radius 3 is 1.78 bits per heavy atom. The van der Waals surface area contributed by atoms with E-state index in [0.29, 0.717) is 6.61 Å². The number of carbonyl (C=O) groups is 2. The lowest BCUT2D eigenvalue weighted by atomic mass is 9.82. The maximum Gasteiger partial charge on any atom is 0.308 e. The maximum atomic E-state index is 12.0. The zero-order valence-electron chi connectivity index (χ0n) is 15.0. The molecule has 0 atom stereocenters. The van der Waals surface area contributed by atoms with Crippen molar-refractivity contribution >= 4 is 11.9 Å². The molecule has 1 aliphatic rings. The predicted molar refractivity (Wildman–Crippen MR) is 91.0 cm³/mol. The van der Waals surface area contributed by atoms with Gasteiger partial charge in [0.25, 0.3) is 0 Å². The summed E-state index contributed by atoms with van der Waals surface area (Å²) < 4.78 is 10.2. The Kier molecular flexibility index (Phi) is 10.8. The number of hydrogen-bond donors (Lipinski definition) is 0. The van der Waals surface area contributed by atoms with Gasteiger partial charge < -0.3 is 9.47 Å². The highest BCUT2D eigenvalue weighted by molar-refractivity contribution is 5.75. The van der Waals surface area contributed by atoms with E-state index in [1.807, 2.05) is 0 Å². The second-order valence-corrected chi connectivity index (χ2v) is 6.71. The fourth-order valence-corrected chi connectivity index (χ4v) is 3.26. The molecule has 0 aromatic carbocycles. The highest BCUT2D eigenvalue weighted by Gasteiger charge is 2.31. The first-order chi connectivity index (χ1) is 11.2. The van der Waals surface area contributed by atoms with Crippen LogP contribution in [0.1, 0.15) is 84.0 Å². The van der Waals surface area contributed by atoms with Gasteiger partial charge in [-0.25, -0.2) is 0 Å². The largest absolute Gasteiger partial charge is 0.469 e. The molecule has 0 N–H and O–H groups in total. The van der Waals surface area contributed by atoms with E-state index >= 15 is 0 Å². The zero-order valence-corrected chi connectivity index (χ0v) is 15.0. The quantitative estimate of drug-likeness (QED) is 0.410. The van der Waals surface area contributed by atoms with Gasteiger partial charge in [-0.1, -0.05) is 51.9 Å². The van der Waals surface area contributed by atoms with Crippen LogP contribution in [0.5, 0.6) is 0 Å². The van der Waals surface area contributed by atoms with Crippen molar-refractivity contribution in [3.63, 3.8) is 0 Å².